The van der Waals surface area contributed by atoms with Crippen LogP contribution in [0.15, 0.2) is 16.8 Å². The maximum absolute atomic E-state index is 5.38. The molecule has 1 rings (SSSR count). The zero-order chi connectivity index (χ0) is 8.10. The van der Waals surface area contributed by atoms with Crippen LogP contribution in [-0.2, 0) is 4.74 Å². The highest BCUT2D eigenvalue weighted by Gasteiger charge is 2.01. The molecule has 0 fully saturated rings. The Morgan fingerprint density at radius 2 is 2.45 bits per heavy atom. The van der Waals surface area contributed by atoms with E-state index in [1.165, 1.54) is 0 Å². The van der Waals surface area contributed by atoms with E-state index in [1.807, 2.05) is 30.7 Å². The average Bonchev–Trinajstić information content (AvgIpc) is 2.40. The van der Waals surface area contributed by atoms with Crippen LogP contribution in [0.3, 0.4) is 0 Å². The van der Waals surface area contributed by atoms with E-state index in [9.17, 15) is 0 Å². The molecule has 0 aliphatic rings. The SMILES string of the molecule is CCOC(C)Oc1ccsc1. The summed E-state index contributed by atoms with van der Waals surface area (Å²) in [5.74, 6) is 0.885. The molecule has 0 spiro atoms. The van der Waals surface area contributed by atoms with Crippen LogP contribution in [0.2, 0.25) is 0 Å². The Labute approximate surface area is 70.8 Å². The molecule has 0 radical (unpaired) electrons. The van der Waals surface area contributed by atoms with Gasteiger partial charge >= 0.3 is 0 Å². The van der Waals surface area contributed by atoms with E-state index in [2.05, 4.69) is 0 Å². The fraction of sp³-hybridized carbons (Fsp3) is 0.500. The molecule has 0 saturated carbocycles. The van der Waals surface area contributed by atoms with Crippen molar-refractivity contribution in [3.05, 3.63) is 16.8 Å². The normalized spacial score (nSPS) is 12.9. The van der Waals surface area contributed by atoms with Gasteiger partial charge in [0, 0.05) is 12.0 Å². The Morgan fingerprint density at radius 3 is 3.00 bits per heavy atom. The van der Waals surface area contributed by atoms with Crippen LogP contribution in [0, 0.1) is 0 Å². The zero-order valence-electron chi connectivity index (χ0n) is 6.74. The van der Waals surface area contributed by atoms with E-state index in [4.69, 9.17) is 9.47 Å². The summed E-state index contributed by atoms with van der Waals surface area (Å²) in [5, 5.41) is 3.93. The minimum Gasteiger partial charge on any atom is -0.464 e. The van der Waals surface area contributed by atoms with Crippen molar-refractivity contribution < 1.29 is 9.47 Å². The maximum atomic E-state index is 5.38. The Kier molecular flexibility index (Phi) is 3.39. The van der Waals surface area contributed by atoms with Crippen LogP contribution in [0.5, 0.6) is 5.75 Å². The molecular weight excluding hydrogens is 160 g/mol. The van der Waals surface area contributed by atoms with Gasteiger partial charge < -0.3 is 9.47 Å². The Bertz CT molecular complexity index is 184. The second-order valence-electron chi connectivity index (χ2n) is 2.10. The molecule has 0 aliphatic carbocycles. The van der Waals surface area contributed by atoms with E-state index in [0.717, 1.165) is 5.75 Å². The fourth-order valence-electron chi connectivity index (χ4n) is 0.779. The van der Waals surface area contributed by atoms with Gasteiger partial charge in [0.25, 0.3) is 0 Å². The molecule has 3 heteroatoms. The molecule has 11 heavy (non-hydrogen) atoms. The highest BCUT2D eigenvalue weighted by molar-refractivity contribution is 7.08. The van der Waals surface area contributed by atoms with Crippen molar-refractivity contribution in [3.8, 4) is 5.75 Å². The second kappa shape index (κ2) is 4.36. The Morgan fingerprint density at radius 1 is 1.64 bits per heavy atom. The largest absolute Gasteiger partial charge is 0.464 e. The van der Waals surface area contributed by atoms with Gasteiger partial charge in [-0.05, 0) is 25.3 Å². The van der Waals surface area contributed by atoms with Gasteiger partial charge in [-0.15, -0.1) is 11.3 Å². The number of hydrogen-bond acceptors (Lipinski definition) is 3. The van der Waals surface area contributed by atoms with Crippen molar-refractivity contribution in [2.45, 2.75) is 20.1 Å². The minimum absolute atomic E-state index is 0.144. The van der Waals surface area contributed by atoms with Crippen molar-refractivity contribution in [1.29, 1.82) is 0 Å². The summed E-state index contributed by atoms with van der Waals surface area (Å²) >= 11 is 1.62. The van der Waals surface area contributed by atoms with E-state index in [-0.39, 0.29) is 6.29 Å². The first-order chi connectivity index (χ1) is 5.33. The lowest BCUT2D eigenvalue weighted by molar-refractivity contribution is -0.0610. The van der Waals surface area contributed by atoms with Crippen molar-refractivity contribution >= 4 is 11.3 Å². The third-order valence-corrected chi connectivity index (χ3v) is 1.86. The molecule has 1 unspecified atom stereocenters. The van der Waals surface area contributed by atoms with Crippen LogP contribution in [0.1, 0.15) is 13.8 Å². The van der Waals surface area contributed by atoms with E-state index in [1.54, 1.807) is 11.3 Å². The lowest BCUT2D eigenvalue weighted by Crippen LogP contribution is -2.15. The van der Waals surface area contributed by atoms with E-state index in [0.29, 0.717) is 6.61 Å². The standard InChI is InChI=1S/C8H12O2S/c1-3-9-7(2)10-8-4-5-11-6-8/h4-7H,3H2,1-2H3. The lowest BCUT2D eigenvalue weighted by Gasteiger charge is -2.12. The molecule has 0 aliphatic heterocycles. The number of ether oxygens (including phenoxy) is 2. The first-order valence-electron chi connectivity index (χ1n) is 3.63. The summed E-state index contributed by atoms with van der Waals surface area (Å²) in [4.78, 5) is 0. The molecule has 1 aromatic heterocycles. The van der Waals surface area contributed by atoms with Gasteiger partial charge in [0.05, 0.1) is 0 Å². The molecule has 0 N–H and O–H groups in total. The number of thiophene rings is 1. The first kappa shape index (κ1) is 8.56. The molecule has 1 heterocycles. The minimum atomic E-state index is -0.144. The highest BCUT2D eigenvalue weighted by atomic mass is 32.1. The Balaban J connectivity index is 2.31. The number of hydrogen-bond donors (Lipinski definition) is 0. The molecule has 2 nitrogen and oxygen atoms in total. The van der Waals surface area contributed by atoms with Gasteiger partial charge in [-0.2, -0.15) is 0 Å². The van der Waals surface area contributed by atoms with Gasteiger partial charge in [0.1, 0.15) is 5.75 Å². The summed E-state index contributed by atoms with van der Waals surface area (Å²) in [5.41, 5.74) is 0. The Hall–Kier alpha value is -0.540. The average molecular weight is 172 g/mol. The summed E-state index contributed by atoms with van der Waals surface area (Å²) in [6, 6.07) is 1.93. The maximum Gasteiger partial charge on any atom is 0.197 e. The van der Waals surface area contributed by atoms with Gasteiger partial charge in [0.2, 0.25) is 0 Å². The summed E-state index contributed by atoms with van der Waals surface area (Å²) < 4.78 is 10.6. The van der Waals surface area contributed by atoms with Gasteiger partial charge in [0.15, 0.2) is 6.29 Å². The topological polar surface area (TPSA) is 18.5 Å². The van der Waals surface area contributed by atoms with E-state index >= 15 is 0 Å². The van der Waals surface area contributed by atoms with Crippen molar-refractivity contribution in [3.63, 3.8) is 0 Å². The smallest absolute Gasteiger partial charge is 0.197 e. The predicted octanol–water partition coefficient (Wildman–Crippen LogP) is 2.51. The molecule has 0 bridgehead atoms. The molecular formula is C8H12O2S. The molecule has 1 aromatic rings. The predicted molar refractivity (Wildman–Crippen MR) is 46.0 cm³/mol. The monoisotopic (exact) mass is 172 g/mol. The van der Waals surface area contributed by atoms with Gasteiger partial charge in [-0.3, -0.25) is 0 Å². The molecule has 62 valence electrons. The third kappa shape index (κ3) is 2.91. The third-order valence-electron chi connectivity index (χ3n) is 1.20. The summed E-state index contributed by atoms with van der Waals surface area (Å²) in [6.07, 6.45) is -0.144. The van der Waals surface area contributed by atoms with Gasteiger partial charge in [-0.1, -0.05) is 0 Å². The van der Waals surface area contributed by atoms with Crippen LogP contribution >= 0.6 is 11.3 Å². The molecule has 1 atom stereocenters. The van der Waals surface area contributed by atoms with Crippen LogP contribution in [0.4, 0.5) is 0 Å². The second-order valence-corrected chi connectivity index (χ2v) is 2.88. The van der Waals surface area contributed by atoms with Gasteiger partial charge in [-0.25, -0.2) is 0 Å². The van der Waals surface area contributed by atoms with E-state index < -0.39 is 0 Å². The summed E-state index contributed by atoms with van der Waals surface area (Å²) in [6.45, 7) is 4.53. The quantitative estimate of drug-likeness (QED) is 0.650. The van der Waals surface area contributed by atoms with Crippen LogP contribution in [-0.4, -0.2) is 12.9 Å². The first-order valence-corrected chi connectivity index (χ1v) is 4.57. The molecule has 0 aromatic carbocycles. The zero-order valence-corrected chi connectivity index (χ0v) is 7.56. The van der Waals surface area contributed by atoms with Crippen LogP contribution in [0.25, 0.3) is 0 Å². The molecule has 0 saturated heterocycles. The highest BCUT2D eigenvalue weighted by Crippen LogP contribution is 2.16. The van der Waals surface area contributed by atoms with Crippen LogP contribution < -0.4 is 4.74 Å². The summed E-state index contributed by atoms with van der Waals surface area (Å²) in [7, 11) is 0. The van der Waals surface area contributed by atoms with Crippen molar-refractivity contribution in [2.75, 3.05) is 6.61 Å². The number of rotatable bonds is 4. The molecule has 0 amide bonds. The van der Waals surface area contributed by atoms with Crippen molar-refractivity contribution in [1.82, 2.24) is 0 Å². The lowest BCUT2D eigenvalue weighted by atomic mass is 10.6. The fourth-order valence-corrected chi connectivity index (χ4v) is 1.34. The van der Waals surface area contributed by atoms with Crippen molar-refractivity contribution in [2.24, 2.45) is 0 Å².